The van der Waals surface area contributed by atoms with Crippen molar-refractivity contribution in [3.05, 3.63) is 0 Å². The van der Waals surface area contributed by atoms with Crippen molar-refractivity contribution in [3.63, 3.8) is 0 Å². The summed E-state index contributed by atoms with van der Waals surface area (Å²) < 4.78 is 0. The average molecular weight is 253 g/mol. The molecule has 2 rings (SSSR count). The molecule has 4 heteroatoms. The van der Waals surface area contributed by atoms with Gasteiger partial charge in [-0.15, -0.1) is 0 Å². The molecule has 0 aliphatic carbocycles. The molecule has 0 saturated carbocycles. The zero-order chi connectivity index (χ0) is 13.0. The number of likely N-dealkylation sites (tertiary alicyclic amines) is 2. The van der Waals surface area contributed by atoms with Crippen LogP contribution in [0.25, 0.3) is 0 Å². The smallest absolute Gasteiger partial charge is 0.317 e. The van der Waals surface area contributed by atoms with Gasteiger partial charge in [0.15, 0.2) is 0 Å². The van der Waals surface area contributed by atoms with Gasteiger partial charge in [0, 0.05) is 19.6 Å². The second-order valence-corrected chi connectivity index (χ2v) is 6.13. The molecule has 18 heavy (non-hydrogen) atoms. The normalized spacial score (nSPS) is 27.2. The number of urea groups is 1. The lowest BCUT2D eigenvalue weighted by molar-refractivity contribution is 0.163. The van der Waals surface area contributed by atoms with Gasteiger partial charge in [-0.05, 0) is 57.7 Å². The Morgan fingerprint density at radius 3 is 2.61 bits per heavy atom. The van der Waals surface area contributed by atoms with Gasteiger partial charge in [0.2, 0.25) is 0 Å². The molecule has 0 radical (unpaired) electrons. The monoisotopic (exact) mass is 253 g/mol. The molecule has 1 atom stereocenters. The number of nitrogens with one attached hydrogen (secondary N) is 1. The standard InChI is InChI=1S/C14H27N3O/c1-12-4-3-7-17(11-12)14(18)15-10-13-5-8-16(2)9-6-13/h12-13H,3-11H2,1-2H3,(H,15,18). The zero-order valence-electron chi connectivity index (χ0n) is 11.8. The maximum Gasteiger partial charge on any atom is 0.317 e. The second-order valence-electron chi connectivity index (χ2n) is 6.13. The van der Waals surface area contributed by atoms with Crippen LogP contribution in [0.1, 0.15) is 32.6 Å². The van der Waals surface area contributed by atoms with Crippen LogP contribution in [0.5, 0.6) is 0 Å². The quantitative estimate of drug-likeness (QED) is 0.814. The van der Waals surface area contributed by atoms with Gasteiger partial charge in [0.05, 0.1) is 0 Å². The van der Waals surface area contributed by atoms with Crippen molar-refractivity contribution < 1.29 is 4.79 Å². The molecule has 2 saturated heterocycles. The highest BCUT2D eigenvalue weighted by molar-refractivity contribution is 5.74. The molecular weight excluding hydrogens is 226 g/mol. The molecule has 2 heterocycles. The van der Waals surface area contributed by atoms with Crippen LogP contribution in [0.15, 0.2) is 0 Å². The van der Waals surface area contributed by atoms with Crippen molar-refractivity contribution in [2.24, 2.45) is 11.8 Å². The van der Waals surface area contributed by atoms with Crippen molar-refractivity contribution in [2.75, 3.05) is 39.8 Å². The minimum atomic E-state index is 0.153. The predicted octanol–water partition coefficient (Wildman–Crippen LogP) is 1.77. The van der Waals surface area contributed by atoms with Crippen LogP contribution in [0.3, 0.4) is 0 Å². The van der Waals surface area contributed by atoms with E-state index in [-0.39, 0.29) is 6.03 Å². The number of carbonyl (C=O) groups is 1. The molecule has 0 aromatic heterocycles. The van der Waals surface area contributed by atoms with E-state index < -0.39 is 0 Å². The van der Waals surface area contributed by atoms with E-state index in [0.29, 0.717) is 11.8 Å². The maximum atomic E-state index is 12.1. The first-order chi connectivity index (χ1) is 8.65. The van der Waals surface area contributed by atoms with Gasteiger partial charge < -0.3 is 15.1 Å². The lowest BCUT2D eigenvalue weighted by Gasteiger charge is -2.33. The van der Waals surface area contributed by atoms with E-state index in [0.717, 1.165) is 26.1 Å². The van der Waals surface area contributed by atoms with Crippen LogP contribution in [0.4, 0.5) is 4.79 Å². The molecular formula is C14H27N3O. The predicted molar refractivity (Wildman–Crippen MR) is 73.6 cm³/mol. The molecule has 104 valence electrons. The van der Waals surface area contributed by atoms with E-state index in [2.05, 4.69) is 24.2 Å². The van der Waals surface area contributed by atoms with Crippen LogP contribution in [-0.2, 0) is 0 Å². The lowest BCUT2D eigenvalue weighted by Crippen LogP contribution is -2.47. The van der Waals surface area contributed by atoms with Crippen molar-refractivity contribution in [1.82, 2.24) is 15.1 Å². The highest BCUT2D eigenvalue weighted by atomic mass is 16.2. The molecule has 0 aromatic carbocycles. The van der Waals surface area contributed by atoms with Crippen LogP contribution in [-0.4, -0.2) is 55.6 Å². The Bertz CT molecular complexity index is 274. The molecule has 0 bridgehead atoms. The summed E-state index contributed by atoms with van der Waals surface area (Å²) in [4.78, 5) is 16.4. The van der Waals surface area contributed by atoms with Gasteiger partial charge in [-0.2, -0.15) is 0 Å². The highest BCUT2D eigenvalue weighted by Gasteiger charge is 2.22. The van der Waals surface area contributed by atoms with Gasteiger partial charge in [-0.3, -0.25) is 0 Å². The Morgan fingerprint density at radius 2 is 1.94 bits per heavy atom. The van der Waals surface area contributed by atoms with Crippen LogP contribution < -0.4 is 5.32 Å². The largest absolute Gasteiger partial charge is 0.338 e. The summed E-state index contributed by atoms with van der Waals surface area (Å²) in [5, 5.41) is 3.13. The van der Waals surface area contributed by atoms with E-state index in [1.165, 1.54) is 32.4 Å². The summed E-state index contributed by atoms with van der Waals surface area (Å²) in [7, 11) is 2.17. The molecule has 2 amide bonds. The number of nitrogens with zero attached hydrogens (tertiary/aromatic N) is 2. The third-order valence-corrected chi connectivity index (χ3v) is 4.32. The van der Waals surface area contributed by atoms with Crippen LogP contribution >= 0.6 is 0 Å². The fraction of sp³-hybridized carbons (Fsp3) is 0.929. The number of amides is 2. The minimum Gasteiger partial charge on any atom is -0.338 e. The number of carbonyl (C=O) groups excluding carboxylic acids is 1. The Labute approximate surface area is 111 Å². The Morgan fingerprint density at radius 1 is 1.22 bits per heavy atom. The van der Waals surface area contributed by atoms with E-state index in [1.807, 2.05) is 4.90 Å². The summed E-state index contributed by atoms with van der Waals surface area (Å²) in [6.07, 6.45) is 4.85. The zero-order valence-corrected chi connectivity index (χ0v) is 11.8. The Kier molecular flexibility index (Phi) is 4.87. The van der Waals surface area contributed by atoms with Crippen molar-refractivity contribution in [2.45, 2.75) is 32.6 Å². The first-order valence-electron chi connectivity index (χ1n) is 7.36. The van der Waals surface area contributed by atoms with Gasteiger partial charge >= 0.3 is 6.03 Å². The minimum absolute atomic E-state index is 0.153. The molecule has 0 aromatic rings. The van der Waals surface area contributed by atoms with E-state index >= 15 is 0 Å². The van der Waals surface area contributed by atoms with Crippen molar-refractivity contribution in [3.8, 4) is 0 Å². The number of hydrogen-bond acceptors (Lipinski definition) is 2. The van der Waals surface area contributed by atoms with Crippen LogP contribution in [0, 0.1) is 11.8 Å². The maximum absolute atomic E-state index is 12.1. The first kappa shape index (κ1) is 13.7. The van der Waals surface area contributed by atoms with Gasteiger partial charge in [-0.25, -0.2) is 4.79 Å². The number of piperidine rings is 2. The first-order valence-corrected chi connectivity index (χ1v) is 7.36. The molecule has 2 fully saturated rings. The fourth-order valence-corrected chi connectivity index (χ4v) is 2.98. The van der Waals surface area contributed by atoms with Gasteiger partial charge in [0.25, 0.3) is 0 Å². The molecule has 1 unspecified atom stereocenters. The number of rotatable bonds is 2. The highest BCUT2D eigenvalue weighted by Crippen LogP contribution is 2.17. The SMILES string of the molecule is CC1CCCN(C(=O)NCC2CCN(C)CC2)C1. The Balaban J connectivity index is 1.68. The molecule has 1 N–H and O–H groups in total. The van der Waals surface area contributed by atoms with E-state index in [9.17, 15) is 4.79 Å². The van der Waals surface area contributed by atoms with Gasteiger partial charge in [-0.1, -0.05) is 6.92 Å². The molecule has 4 nitrogen and oxygen atoms in total. The summed E-state index contributed by atoms with van der Waals surface area (Å²) in [5.41, 5.74) is 0. The van der Waals surface area contributed by atoms with Crippen molar-refractivity contribution in [1.29, 1.82) is 0 Å². The summed E-state index contributed by atoms with van der Waals surface area (Å²) in [6.45, 7) is 7.29. The summed E-state index contributed by atoms with van der Waals surface area (Å²) in [6, 6.07) is 0.153. The van der Waals surface area contributed by atoms with E-state index in [1.54, 1.807) is 0 Å². The third-order valence-electron chi connectivity index (χ3n) is 4.32. The summed E-state index contributed by atoms with van der Waals surface area (Å²) >= 11 is 0. The topological polar surface area (TPSA) is 35.6 Å². The average Bonchev–Trinajstić information content (AvgIpc) is 2.38. The third kappa shape index (κ3) is 3.87. The molecule has 2 aliphatic rings. The van der Waals surface area contributed by atoms with Gasteiger partial charge in [0.1, 0.15) is 0 Å². The van der Waals surface area contributed by atoms with E-state index in [4.69, 9.17) is 0 Å². The van der Waals surface area contributed by atoms with Crippen molar-refractivity contribution >= 4 is 6.03 Å². The van der Waals surface area contributed by atoms with Crippen LogP contribution in [0.2, 0.25) is 0 Å². The second kappa shape index (κ2) is 6.41. The molecule has 2 aliphatic heterocycles. The Hall–Kier alpha value is -0.770. The fourth-order valence-electron chi connectivity index (χ4n) is 2.98. The summed E-state index contributed by atoms with van der Waals surface area (Å²) in [5.74, 6) is 1.33. The lowest BCUT2D eigenvalue weighted by atomic mass is 9.97. The number of hydrogen-bond donors (Lipinski definition) is 1. The molecule has 0 spiro atoms.